The first-order valence-electron chi connectivity index (χ1n) is 8.83. The fourth-order valence-electron chi connectivity index (χ4n) is 3.04. The lowest BCUT2D eigenvalue weighted by atomic mass is 10.0. The molecule has 146 valence electrons. The zero-order chi connectivity index (χ0) is 18.4. The Labute approximate surface area is 176 Å². The van der Waals surface area contributed by atoms with Crippen molar-refractivity contribution < 1.29 is 9.13 Å². The molecule has 0 amide bonds. The van der Waals surface area contributed by atoms with Crippen LogP contribution < -0.4 is 15.8 Å². The van der Waals surface area contributed by atoms with Crippen molar-refractivity contribution in [2.75, 3.05) is 26.7 Å². The number of para-hydroxylation sites is 1. The van der Waals surface area contributed by atoms with Crippen molar-refractivity contribution in [3.8, 4) is 5.75 Å². The zero-order valence-electron chi connectivity index (χ0n) is 15.4. The Hall–Kier alpha value is -1.87. The Bertz CT molecular complexity index is 754. The second kappa shape index (κ2) is 10.5. The molecule has 0 fully saturated rings. The van der Waals surface area contributed by atoms with E-state index in [4.69, 9.17) is 10.5 Å². The van der Waals surface area contributed by atoms with Gasteiger partial charge in [0.1, 0.15) is 11.6 Å². The van der Waals surface area contributed by atoms with Crippen LogP contribution in [0.1, 0.15) is 23.6 Å². The van der Waals surface area contributed by atoms with Gasteiger partial charge in [-0.3, -0.25) is 4.99 Å². The van der Waals surface area contributed by atoms with Crippen LogP contribution in [-0.2, 0) is 6.54 Å². The highest BCUT2D eigenvalue weighted by atomic mass is 127. The number of fused-ring (bicyclic) bond motifs is 1. The summed E-state index contributed by atoms with van der Waals surface area (Å²) in [4.78, 5) is 6.56. The number of nitrogens with two attached hydrogens (primary N) is 1. The molecule has 2 aromatic rings. The molecule has 0 bridgehead atoms. The highest BCUT2D eigenvalue weighted by molar-refractivity contribution is 14.0. The van der Waals surface area contributed by atoms with Gasteiger partial charge in [-0.1, -0.05) is 30.3 Å². The Morgan fingerprint density at radius 3 is 2.78 bits per heavy atom. The largest absolute Gasteiger partial charge is 0.493 e. The van der Waals surface area contributed by atoms with Crippen LogP contribution in [0.4, 0.5) is 4.39 Å². The topological polar surface area (TPSA) is 62.9 Å². The molecular formula is C20H26FIN4O. The molecule has 1 atom stereocenters. The van der Waals surface area contributed by atoms with E-state index in [-0.39, 0.29) is 35.8 Å². The van der Waals surface area contributed by atoms with Crippen molar-refractivity contribution in [3.63, 3.8) is 0 Å². The maximum Gasteiger partial charge on any atom is 0.189 e. The summed E-state index contributed by atoms with van der Waals surface area (Å²) in [6.45, 7) is 2.78. The Morgan fingerprint density at radius 2 is 2.00 bits per heavy atom. The predicted molar refractivity (Wildman–Crippen MR) is 117 cm³/mol. The average molecular weight is 484 g/mol. The Morgan fingerprint density at radius 1 is 1.26 bits per heavy atom. The Kier molecular flexibility index (Phi) is 8.30. The summed E-state index contributed by atoms with van der Waals surface area (Å²) in [6, 6.07) is 14.7. The third-order valence-electron chi connectivity index (χ3n) is 4.41. The molecule has 1 heterocycles. The minimum Gasteiger partial charge on any atom is -0.493 e. The lowest BCUT2D eigenvalue weighted by Gasteiger charge is -2.27. The maximum atomic E-state index is 12.9. The van der Waals surface area contributed by atoms with E-state index < -0.39 is 0 Å². The van der Waals surface area contributed by atoms with Gasteiger partial charge in [-0.05, 0) is 30.8 Å². The van der Waals surface area contributed by atoms with E-state index in [2.05, 4.69) is 21.3 Å². The molecular weight excluding hydrogens is 458 g/mol. The first-order chi connectivity index (χ1) is 12.6. The highest BCUT2D eigenvalue weighted by Gasteiger charge is 2.21. The molecule has 2 aromatic carbocycles. The van der Waals surface area contributed by atoms with Gasteiger partial charge in [0.05, 0.1) is 19.2 Å². The molecule has 27 heavy (non-hydrogen) atoms. The molecule has 1 unspecified atom stereocenters. The van der Waals surface area contributed by atoms with Crippen LogP contribution in [0.3, 0.4) is 0 Å². The molecule has 7 heteroatoms. The van der Waals surface area contributed by atoms with Gasteiger partial charge in [-0.2, -0.15) is 0 Å². The number of hydrogen-bond donors (Lipinski definition) is 2. The second-order valence-electron chi connectivity index (χ2n) is 6.50. The number of ether oxygens (including phenoxy) is 1. The number of likely N-dealkylation sites (N-methyl/N-ethyl adjacent to an activating group) is 1. The molecule has 0 saturated heterocycles. The van der Waals surface area contributed by atoms with Crippen LogP contribution >= 0.6 is 24.0 Å². The van der Waals surface area contributed by atoms with E-state index in [0.29, 0.717) is 19.1 Å². The summed E-state index contributed by atoms with van der Waals surface area (Å²) in [6.07, 6.45) is 0.859. The first-order valence-corrected chi connectivity index (χ1v) is 8.83. The van der Waals surface area contributed by atoms with Crippen LogP contribution in [-0.4, -0.2) is 37.6 Å². The molecule has 1 aliphatic rings. The van der Waals surface area contributed by atoms with E-state index >= 15 is 0 Å². The van der Waals surface area contributed by atoms with Crippen molar-refractivity contribution >= 4 is 29.9 Å². The van der Waals surface area contributed by atoms with Crippen LogP contribution in [0.2, 0.25) is 0 Å². The van der Waals surface area contributed by atoms with Crippen molar-refractivity contribution in [3.05, 3.63) is 65.5 Å². The van der Waals surface area contributed by atoms with E-state index in [1.54, 1.807) is 12.1 Å². The minimum absolute atomic E-state index is 0. The number of nitrogens with zero attached hydrogens (tertiary/aromatic N) is 2. The maximum absolute atomic E-state index is 12.9. The van der Waals surface area contributed by atoms with Crippen LogP contribution in [0.15, 0.2) is 53.5 Å². The first kappa shape index (κ1) is 21.4. The lowest BCUT2D eigenvalue weighted by Crippen LogP contribution is -2.37. The quantitative estimate of drug-likeness (QED) is 0.376. The molecule has 3 N–H and O–H groups in total. The smallest absolute Gasteiger partial charge is 0.189 e. The van der Waals surface area contributed by atoms with Crippen LogP contribution in [0.5, 0.6) is 5.75 Å². The molecule has 0 aliphatic carbocycles. The number of nitrogens with one attached hydrogen (secondary N) is 1. The van der Waals surface area contributed by atoms with Crippen LogP contribution in [0.25, 0.3) is 0 Å². The number of benzene rings is 2. The summed E-state index contributed by atoms with van der Waals surface area (Å²) in [5.41, 5.74) is 8.24. The fraction of sp³-hybridized carbons (Fsp3) is 0.350. The van der Waals surface area contributed by atoms with Crippen molar-refractivity contribution in [1.29, 1.82) is 0 Å². The highest BCUT2D eigenvalue weighted by Crippen LogP contribution is 2.31. The number of guanidine groups is 1. The minimum atomic E-state index is -0.213. The summed E-state index contributed by atoms with van der Waals surface area (Å²) in [7, 11) is 2.01. The molecule has 3 rings (SSSR count). The predicted octanol–water partition coefficient (Wildman–Crippen LogP) is 3.30. The standard InChI is InChI=1S/C20H25FN4O.HI/c1-25(14-15-6-8-16(21)9-7-15)12-11-23-20(22)24-18-10-13-26-19-5-3-2-4-17(18)19;/h2-9,18H,10-14H2,1H3,(H3,22,23,24);1H. The van der Waals surface area contributed by atoms with Gasteiger partial charge in [0.2, 0.25) is 0 Å². The van der Waals surface area contributed by atoms with Gasteiger partial charge in [0, 0.05) is 25.1 Å². The molecule has 0 aromatic heterocycles. The average Bonchev–Trinajstić information content (AvgIpc) is 2.64. The van der Waals surface area contributed by atoms with Gasteiger partial charge in [-0.25, -0.2) is 4.39 Å². The normalized spacial score (nSPS) is 16.3. The molecule has 0 radical (unpaired) electrons. The third-order valence-corrected chi connectivity index (χ3v) is 4.41. The van der Waals surface area contributed by atoms with E-state index in [1.165, 1.54) is 12.1 Å². The van der Waals surface area contributed by atoms with Gasteiger partial charge in [0.15, 0.2) is 5.96 Å². The Balaban J connectivity index is 0.00000261. The van der Waals surface area contributed by atoms with Crippen LogP contribution in [0, 0.1) is 5.82 Å². The summed E-state index contributed by atoms with van der Waals surface area (Å²) >= 11 is 0. The van der Waals surface area contributed by atoms with E-state index in [9.17, 15) is 4.39 Å². The molecule has 0 spiro atoms. The van der Waals surface area contributed by atoms with Crippen molar-refractivity contribution in [1.82, 2.24) is 10.2 Å². The molecule has 1 aliphatic heterocycles. The van der Waals surface area contributed by atoms with Crippen molar-refractivity contribution in [2.24, 2.45) is 10.7 Å². The zero-order valence-corrected chi connectivity index (χ0v) is 17.7. The summed E-state index contributed by atoms with van der Waals surface area (Å²) in [5, 5.41) is 3.29. The monoisotopic (exact) mass is 484 g/mol. The van der Waals surface area contributed by atoms with Gasteiger partial charge < -0.3 is 20.7 Å². The molecule has 5 nitrogen and oxygen atoms in total. The number of aliphatic imine (C=N–C) groups is 1. The van der Waals surface area contributed by atoms with E-state index in [0.717, 1.165) is 36.4 Å². The van der Waals surface area contributed by atoms with Gasteiger partial charge >= 0.3 is 0 Å². The number of rotatable bonds is 6. The number of hydrogen-bond acceptors (Lipinski definition) is 3. The summed E-state index contributed by atoms with van der Waals surface area (Å²) < 4.78 is 18.6. The fourth-order valence-corrected chi connectivity index (χ4v) is 3.04. The molecule has 0 saturated carbocycles. The SMILES string of the molecule is CN(CCN=C(N)NC1CCOc2ccccc21)Cc1ccc(F)cc1.I. The summed E-state index contributed by atoms with van der Waals surface area (Å²) in [5.74, 6) is 1.14. The number of halogens is 2. The third kappa shape index (κ3) is 6.35. The lowest BCUT2D eigenvalue weighted by molar-refractivity contribution is 0.262. The van der Waals surface area contributed by atoms with Gasteiger partial charge in [0.25, 0.3) is 0 Å². The van der Waals surface area contributed by atoms with Crippen molar-refractivity contribution in [2.45, 2.75) is 19.0 Å². The van der Waals surface area contributed by atoms with E-state index in [1.807, 2.05) is 25.2 Å². The van der Waals surface area contributed by atoms with Gasteiger partial charge in [-0.15, -0.1) is 24.0 Å². The second-order valence-corrected chi connectivity index (χ2v) is 6.50.